The molecule has 0 bridgehead atoms. The lowest BCUT2D eigenvalue weighted by molar-refractivity contribution is 0.174. The number of aromatic nitrogens is 5. The first-order valence-electron chi connectivity index (χ1n) is 6.09. The molecule has 3 heterocycles. The highest BCUT2D eigenvalue weighted by atomic mass is 32.2. The first kappa shape index (κ1) is 12.2. The van der Waals surface area contributed by atoms with Crippen LogP contribution in [0.1, 0.15) is 5.89 Å². The fourth-order valence-electron chi connectivity index (χ4n) is 1.86. The summed E-state index contributed by atoms with van der Waals surface area (Å²) in [6.07, 6.45) is 1.45. The Balaban J connectivity index is 1.51. The van der Waals surface area contributed by atoms with Crippen LogP contribution in [0.15, 0.2) is 34.2 Å². The molecule has 0 saturated heterocycles. The topological polar surface area (TPSA) is 99.0 Å². The molecule has 0 saturated carbocycles. The molecular formula is C12H9N5O3S. The Morgan fingerprint density at radius 2 is 2.19 bits per heavy atom. The predicted molar refractivity (Wildman–Crippen MR) is 71.8 cm³/mol. The second-order valence-corrected chi connectivity index (χ2v) is 5.12. The summed E-state index contributed by atoms with van der Waals surface area (Å²) in [7, 11) is 0. The second kappa shape index (κ2) is 5.09. The minimum absolute atomic E-state index is 0.240. The van der Waals surface area contributed by atoms with Gasteiger partial charge in [0.15, 0.2) is 16.7 Å². The zero-order valence-corrected chi connectivity index (χ0v) is 11.5. The first-order valence-corrected chi connectivity index (χ1v) is 7.08. The SMILES string of the molecule is c1n[nH]c(SCc2nc(-c3ccc4c(c3)OCO4)no2)n1. The van der Waals surface area contributed by atoms with Gasteiger partial charge in [0.25, 0.3) is 0 Å². The van der Waals surface area contributed by atoms with Crippen molar-refractivity contribution in [3.05, 3.63) is 30.4 Å². The molecule has 0 aliphatic carbocycles. The molecule has 8 nitrogen and oxygen atoms in total. The molecule has 21 heavy (non-hydrogen) atoms. The number of nitrogens with one attached hydrogen (secondary N) is 1. The molecule has 0 radical (unpaired) electrons. The van der Waals surface area contributed by atoms with Crippen molar-refractivity contribution in [1.82, 2.24) is 25.3 Å². The van der Waals surface area contributed by atoms with E-state index in [9.17, 15) is 0 Å². The van der Waals surface area contributed by atoms with Crippen molar-refractivity contribution in [3.63, 3.8) is 0 Å². The average Bonchev–Trinajstić information content (AvgIpc) is 3.25. The Bertz CT molecular complexity index is 758. The maximum absolute atomic E-state index is 5.33. The van der Waals surface area contributed by atoms with E-state index in [1.54, 1.807) is 0 Å². The quantitative estimate of drug-likeness (QED) is 0.729. The van der Waals surface area contributed by atoms with Gasteiger partial charge in [0, 0.05) is 5.56 Å². The summed E-state index contributed by atoms with van der Waals surface area (Å²) >= 11 is 1.44. The molecule has 4 rings (SSSR count). The van der Waals surface area contributed by atoms with E-state index in [2.05, 4.69) is 25.3 Å². The van der Waals surface area contributed by atoms with E-state index in [4.69, 9.17) is 14.0 Å². The number of aromatic amines is 1. The Morgan fingerprint density at radius 1 is 1.24 bits per heavy atom. The standard InChI is InChI=1S/C12H9N5O3S/c1-2-8-9(19-6-18-8)3-7(1)11-15-10(20-17-11)4-21-12-13-5-14-16-12/h1-3,5H,4,6H2,(H,13,14,16). The Hall–Kier alpha value is -2.55. The molecule has 9 heteroatoms. The largest absolute Gasteiger partial charge is 0.454 e. The minimum Gasteiger partial charge on any atom is -0.454 e. The van der Waals surface area contributed by atoms with Crippen LogP contribution in [0.5, 0.6) is 11.5 Å². The van der Waals surface area contributed by atoms with Gasteiger partial charge in [-0.2, -0.15) is 10.1 Å². The lowest BCUT2D eigenvalue weighted by Gasteiger charge is -1.97. The van der Waals surface area contributed by atoms with E-state index >= 15 is 0 Å². The van der Waals surface area contributed by atoms with E-state index < -0.39 is 0 Å². The minimum atomic E-state index is 0.240. The van der Waals surface area contributed by atoms with Gasteiger partial charge in [-0.15, -0.1) is 0 Å². The average molecular weight is 303 g/mol. The first-order chi connectivity index (χ1) is 10.4. The summed E-state index contributed by atoms with van der Waals surface area (Å²) in [4.78, 5) is 8.36. The summed E-state index contributed by atoms with van der Waals surface area (Å²) in [6.45, 7) is 0.240. The van der Waals surface area contributed by atoms with Gasteiger partial charge >= 0.3 is 0 Å². The van der Waals surface area contributed by atoms with Crippen molar-refractivity contribution < 1.29 is 14.0 Å². The highest BCUT2D eigenvalue weighted by molar-refractivity contribution is 7.98. The monoisotopic (exact) mass is 303 g/mol. The second-order valence-electron chi connectivity index (χ2n) is 4.16. The van der Waals surface area contributed by atoms with E-state index in [1.165, 1.54) is 18.1 Å². The van der Waals surface area contributed by atoms with Crippen molar-refractivity contribution in [3.8, 4) is 22.9 Å². The van der Waals surface area contributed by atoms with Gasteiger partial charge in [0.2, 0.25) is 18.5 Å². The van der Waals surface area contributed by atoms with Gasteiger partial charge in [0.1, 0.15) is 6.33 Å². The third-order valence-corrected chi connectivity index (χ3v) is 3.69. The maximum Gasteiger partial charge on any atom is 0.237 e. The smallest absolute Gasteiger partial charge is 0.237 e. The van der Waals surface area contributed by atoms with Gasteiger partial charge in [-0.1, -0.05) is 16.9 Å². The highest BCUT2D eigenvalue weighted by Crippen LogP contribution is 2.35. The molecule has 0 fully saturated rings. The highest BCUT2D eigenvalue weighted by Gasteiger charge is 2.16. The molecular weight excluding hydrogens is 294 g/mol. The fourth-order valence-corrected chi connectivity index (χ4v) is 2.48. The van der Waals surface area contributed by atoms with Crippen LogP contribution in [0.25, 0.3) is 11.4 Å². The van der Waals surface area contributed by atoms with Crippen LogP contribution < -0.4 is 9.47 Å². The molecule has 0 atom stereocenters. The number of fused-ring (bicyclic) bond motifs is 1. The molecule has 106 valence electrons. The van der Waals surface area contributed by atoms with Gasteiger partial charge in [-0.3, -0.25) is 5.10 Å². The lowest BCUT2D eigenvalue weighted by atomic mass is 10.2. The van der Waals surface area contributed by atoms with Crippen LogP contribution in [0, 0.1) is 0 Å². The van der Waals surface area contributed by atoms with Crippen LogP contribution in [0.2, 0.25) is 0 Å². The van der Waals surface area contributed by atoms with Crippen LogP contribution >= 0.6 is 11.8 Å². The zero-order valence-electron chi connectivity index (χ0n) is 10.6. The third-order valence-electron chi connectivity index (χ3n) is 2.82. The fraction of sp³-hybridized carbons (Fsp3) is 0.167. The number of thioether (sulfide) groups is 1. The van der Waals surface area contributed by atoms with Crippen molar-refractivity contribution >= 4 is 11.8 Å². The molecule has 1 aliphatic rings. The van der Waals surface area contributed by atoms with Gasteiger partial charge in [-0.25, -0.2) is 4.98 Å². The molecule has 0 unspecified atom stereocenters. The van der Waals surface area contributed by atoms with Crippen LogP contribution in [-0.4, -0.2) is 32.1 Å². The Morgan fingerprint density at radius 3 is 3.10 bits per heavy atom. The molecule has 1 aliphatic heterocycles. The van der Waals surface area contributed by atoms with Gasteiger partial charge in [0.05, 0.1) is 5.75 Å². The molecule has 3 aromatic rings. The number of benzene rings is 1. The van der Waals surface area contributed by atoms with Crippen molar-refractivity contribution in [2.24, 2.45) is 0 Å². The number of nitrogens with zero attached hydrogens (tertiary/aromatic N) is 4. The summed E-state index contributed by atoms with van der Waals surface area (Å²) < 4.78 is 15.8. The molecule has 1 N–H and O–H groups in total. The van der Waals surface area contributed by atoms with E-state index in [0.717, 1.165) is 11.3 Å². The predicted octanol–water partition coefficient (Wildman–Crippen LogP) is 1.88. The molecule has 2 aromatic heterocycles. The summed E-state index contributed by atoms with van der Waals surface area (Å²) in [5.74, 6) is 2.97. The normalized spacial score (nSPS) is 12.8. The van der Waals surface area contributed by atoms with Crippen LogP contribution in [0.3, 0.4) is 0 Å². The lowest BCUT2D eigenvalue weighted by Crippen LogP contribution is -1.92. The van der Waals surface area contributed by atoms with Crippen molar-refractivity contribution in [2.75, 3.05) is 6.79 Å². The molecule has 0 spiro atoms. The number of H-pyrrole nitrogens is 1. The number of hydrogen-bond donors (Lipinski definition) is 1. The summed E-state index contributed by atoms with van der Waals surface area (Å²) in [6, 6.07) is 5.53. The van der Waals surface area contributed by atoms with Gasteiger partial charge in [-0.05, 0) is 18.2 Å². The number of hydrogen-bond acceptors (Lipinski definition) is 8. The number of ether oxygens (including phenoxy) is 2. The van der Waals surface area contributed by atoms with E-state index in [-0.39, 0.29) is 6.79 Å². The molecule has 0 amide bonds. The number of rotatable bonds is 4. The van der Waals surface area contributed by atoms with E-state index in [0.29, 0.717) is 28.4 Å². The van der Waals surface area contributed by atoms with Gasteiger partial charge < -0.3 is 14.0 Å². The van der Waals surface area contributed by atoms with E-state index in [1.807, 2.05) is 18.2 Å². The van der Waals surface area contributed by atoms with Crippen molar-refractivity contribution in [1.29, 1.82) is 0 Å². The van der Waals surface area contributed by atoms with Crippen molar-refractivity contribution in [2.45, 2.75) is 10.9 Å². The molecule has 1 aromatic carbocycles. The summed E-state index contributed by atoms with van der Waals surface area (Å²) in [5.41, 5.74) is 0.818. The summed E-state index contributed by atoms with van der Waals surface area (Å²) in [5, 5.41) is 11.2. The zero-order chi connectivity index (χ0) is 14.1. The van der Waals surface area contributed by atoms with Crippen LogP contribution in [0.4, 0.5) is 0 Å². The van der Waals surface area contributed by atoms with Crippen LogP contribution in [-0.2, 0) is 5.75 Å². The maximum atomic E-state index is 5.33. The Kier molecular flexibility index (Phi) is 2.96. The Labute approximate surface area is 122 Å². The third kappa shape index (κ3) is 2.42.